The number of halogens is 2. The molecular weight excluding hydrogens is 172 g/mol. The molecule has 0 aliphatic heterocycles. The maximum Gasteiger partial charge on any atom is 0.348 e. The summed E-state index contributed by atoms with van der Waals surface area (Å²) in [6, 6.07) is 0. The van der Waals surface area contributed by atoms with Crippen molar-refractivity contribution in [3.05, 3.63) is 6.20 Å². The average molecular weight is 179 g/mol. The lowest BCUT2D eigenvalue weighted by atomic mass is 11.0. The van der Waals surface area contributed by atoms with Crippen LogP contribution in [0.15, 0.2) is 11.2 Å². The molecule has 0 amide bonds. The lowest BCUT2D eigenvalue weighted by Crippen LogP contribution is -2.01. The van der Waals surface area contributed by atoms with Gasteiger partial charge in [0.15, 0.2) is 0 Å². The summed E-state index contributed by atoms with van der Waals surface area (Å²) < 4.78 is 23.7. The van der Waals surface area contributed by atoms with Crippen molar-refractivity contribution in [3.8, 4) is 0 Å². The first kappa shape index (κ1) is 8.32. The molecule has 6 heteroatoms. The summed E-state index contributed by atoms with van der Waals surface area (Å²) in [6.45, 7) is -2.66. The molecule has 0 aromatic carbocycles. The minimum absolute atomic E-state index is 0.352. The van der Waals surface area contributed by atoms with E-state index in [1.54, 1.807) is 6.26 Å². The van der Waals surface area contributed by atoms with Crippen LogP contribution in [0.5, 0.6) is 0 Å². The van der Waals surface area contributed by atoms with Crippen molar-refractivity contribution in [2.24, 2.45) is 0 Å². The SMILES string of the molecule is C=S(C)c1cnn(C(F)F)n1. The van der Waals surface area contributed by atoms with Crippen molar-refractivity contribution in [2.45, 2.75) is 11.6 Å². The van der Waals surface area contributed by atoms with Crippen LogP contribution in [-0.2, 0) is 0 Å². The van der Waals surface area contributed by atoms with E-state index >= 15 is 0 Å². The minimum Gasteiger partial charge on any atom is -0.182 e. The Labute approximate surface area is 64.9 Å². The maximum atomic E-state index is 11.9. The number of alkyl halides is 2. The molecule has 1 unspecified atom stereocenters. The van der Waals surface area contributed by atoms with Gasteiger partial charge in [0.05, 0.1) is 6.20 Å². The molecule has 1 atom stereocenters. The van der Waals surface area contributed by atoms with Gasteiger partial charge in [0.2, 0.25) is 0 Å². The second-order valence-corrected chi connectivity index (χ2v) is 3.61. The zero-order valence-electron chi connectivity index (χ0n) is 5.87. The predicted octanol–water partition coefficient (Wildman–Crippen LogP) is 1.36. The molecule has 0 bridgehead atoms. The number of nitrogens with zero attached hydrogens (tertiary/aromatic N) is 3. The first-order valence-electron chi connectivity index (χ1n) is 2.77. The molecule has 1 aromatic heterocycles. The number of hydrogen-bond acceptors (Lipinski definition) is 2. The summed E-state index contributed by atoms with van der Waals surface area (Å²) in [4.78, 5) is 0.379. The molecule has 1 aromatic rings. The lowest BCUT2D eigenvalue weighted by Gasteiger charge is -1.94. The van der Waals surface area contributed by atoms with E-state index in [9.17, 15) is 8.78 Å². The quantitative estimate of drug-likeness (QED) is 0.642. The van der Waals surface area contributed by atoms with Crippen LogP contribution in [-0.4, -0.2) is 27.1 Å². The molecule has 0 saturated carbocycles. The van der Waals surface area contributed by atoms with E-state index in [0.717, 1.165) is 0 Å². The predicted molar refractivity (Wildman–Crippen MR) is 40.2 cm³/mol. The summed E-state index contributed by atoms with van der Waals surface area (Å²) >= 11 is 0. The van der Waals surface area contributed by atoms with Gasteiger partial charge in [-0.25, -0.2) is 0 Å². The maximum absolute atomic E-state index is 11.9. The lowest BCUT2D eigenvalue weighted by molar-refractivity contribution is 0.0403. The Morgan fingerprint density at radius 3 is 2.64 bits per heavy atom. The van der Waals surface area contributed by atoms with Crippen LogP contribution in [0.4, 0.5) is 8.78 Å². The standard InChI is InChI=1S/C5H7F2N3S/c1-11(2)4-3-8-10(9-4)5(6)7/h3,5H,1H2,2H3. The Bertz CT molecular complexity index is 270. The van der Waals surface area contributed by atoms with E-state index in [2.05, 4.69) is 16.1 Å². The smallest absolute Gasteiger partial charge is 0.182 e. The average Bonchev–Trinajstić information content (AvgIpc) is 2.33. The Morgan fingerprint density at radius 2 is 2.36 bits per heavy atom. The van der Waals surface area contributed by atoms with E-state index in [0.29, 0.717) is 9.82 Å². The molecule has 0 N–H and O–H groups in total. The van der Waals surface area contributed by atoms with Crippen LogP contribution in [0.25, 0.3) is 0 Å². The van der Waals surface area contributed by atoms with Crippen LogP contribution >= 0.6 is 10.5 Å². The van der Waals surface area contributed by atoms with Gasteiger partial charge in [-0.2, -0.15) is 13.9 Å². The van der Waals surface area contributed by atoms with Crippen LogP contribution in [0.2, 0.25) is 0 Å². The largest absolute Gasteiger partial charge is 0.348 e. The monoisotopic (exact) mass is 179 g/mol. The van der Waals surface area contributed by atoms with E-state index in [4.69, 9.17) is 0 Å². The molecule has 0 spiro atoms. The van der Waals surface area contributed by atoms with Crippen LogP contribution in [0.3, 0.4) is 0 Å². The van der Waals surface area contributed by atoms with Gasteiger partial charge < -0.3 is 0 Å². The van der Waals surface area contributed by atoms with E-state index in [1.807, 2.05) is 0 Å². The third-order valence-electron chi connectivity index (χ3n) is 1.02. The Kier molecular flexibility index (Phi) is 2.33. The van der Waals surface area contributed by atoms with E-state index in [1.165, 1.54) is 6.20 Å². The molecule has 1 heterocycles. The molecule has 3 nitrogen and oxygen atoms in total. The van der Waals surface area contributed by atoms with Crippen molar-refractivity contribution < 1.29 is 8.78 Å². The minimum atomic E-state index is -2.66. The van der Waals surface area contributed by atoms with Gasteiger partial charge in [0, 0.05) is 0 Å². The second-order valence-electron chi connectivity index (χ2n) is 1.92. The third kappa shape index (κ3) is 1.83. The van der Waals surface area contributed by atoms with Gasteiger partial charge in [-0.05, 0) is 6.26 Å². The van der Waals surface area contributed by atoms with E-state index in [-0.39, 0.29) is 10.5 Å². The van der Waals surface area contributed by atoms with Crippen LogP contribution < -0.4 is 0 Å². The van der Waals surface area contributed by atoms with Gasteiger partial charge in [0.25, 0.3) is 0 Å². The van der Waals surface area contributed by atoms with Crippen molar-refractivity contribution in [3.63, 3.8) is 0 Å². The number of hydrogen-bond donors (Lipinski definition) is 0. The molecule has 0 aliphatic carbocycles. The van der Waals surface area contributed by atoms with E-state index < -0.39 is 6.55 Å². The molecule has 11 heavy (non-hydrogen) atoms. The fourth-order valence-electron chi connectivity index (χ4n) is 0.515. The Hall–Kier alpha value is -0.780. The van der Waals surface area contributed by atoms with Gasteiger partial charge in [0.1, 0.15) is 5.03 Å². The highest BCUT2D eigenvalue weighted by molar-refractivity contribution is 8.13. The number of aromatic nitrogens is 3. The summed E-state index contributed by atoms with van der Waals surface area (Å²) in [6.07, 6.45) is 3.10. The molecule has 0 fully saturated rings. The normalized spacial score (nSPS) is 13.8. The fraction of sp³-hybridized carbons (Fsp3) is 0.400. The highest BCUT2D eigenvalue weighted by atomic mass is 32.2. The zero-order valence-corrected chi connectivity index (χ0v) is 6.68. The molecule has 0 radical (unpaired) electrons. The third-order valence-corrected chi connectivity index (χ3v) is 1.92. The molecule has 0 aliphatic rings. The second kappa shape index (κ2) is 3.08. The summed E-state index contributed by atoms with van der Waals surface area (Å²) in [7, 11) is -0.352. The topological polar surface area (TPSA) is 30.7 Å². The van der Waals surface area contributed by atoms with Crippen molar-refractivity contribution in [1.29, 1.82) is 0 Å². The van der Waals surface area contributed by atoms with Gasteiger partial charge in [-0.1, -0.05) is 5.87 Å². The molecular formula is C5H7F2N3S. The molecule has 62 valence electrons. The summed E-state index contributed by atoms with van der Waals surface area (Å²) in [5.41, 5.74) is 0. The van der Waals surface area contributed by atoms with Gasteiger partial charge >= 0.3 is 6.55 Å². The summed E-state index contributed by atoms with van der Waals surface area (Å²) in [5.74, 6) is 3.65. The zero-order chi connectivity index (χ0) is 8.43. The first-order chi connectivity index (χ1) is 5.11. The van der Waals surface area contributed by atoms with Crippen molar-refractivity contribution >= 4 is 16.4 Å². The molecule has 1 rings (SSSR count). The van der Waals surface area contributed by atoms with Gasteiger partial charge in [-0.3, -0.25) is 0 Å². The van der Waals surface area contributed by atoms with Gasteiger partial charge in [-0.15, -0.1) is 20.4 Å². The van der Waals surface area contributed by atoms with Crippen LogP contribution in [0.1, 0.15) is 6.55 Å². The number of rotatable bonds is 2. The highest BCUT2D eigenvalue weighted by Crippen LogP contribution is 2.17. The van der Waals surface area contributed by atoms with Crippen molar-refractivity contribution in [2.75, 3.05) is 6.26 Å². The Morgan fingerprint density at radius 1 is 1.73 bits per heavy atom. The Balaban J connectivity index is 2.90. The first-order valence-corrected chi connectivity index (χ1v) is 4.57. The summed E-state index contributed by atoms with van der Waals surface area (Å²) in [5, 5.41) is 7.38. The molecule has 0 saturated heterocycles. The highest BCUT2D eigenvalue weighted by Gasteiger charge is 2.08. The van der Waals surface area contributed by atoms with Crippen molar-refractivity contribution in [1.82, 2.24) is 15.0 Å². The fourth-order valence-corrected chi connectivity index (χ4v) is 0.965. The van der Waals surface area contributed by atoms with Crippen LogP contribution in [0, 0.1) is 0 Å².